The molecule has 1 aromatic rings. The third kappa shape index (κ3) is 2.52. The molecule has 1 aliphatic heterocycles. The molecule has 1 fully saturated rings. The van der Waals surface area contributed by atoms with Gasteiger partial charge in [-0.2, -0.15) is 0 Å². The Balaban J connectivity index is 2.17. The van der Waals surface area contributed by atoms with Gasteiger partial charge in [0.2, 0.25) is 5.91 Å². The Morgan fingerprint density at radius 2 is 2.07 bits per heavy atom. The van der Waals surface area contributed by atoms with Crippen molar-refractivity contribution < 1.29 is 4.79 Å². The highest BCUT2D eigenvalue weighted by molar-refractivity contribution is 8.15. The lowest BCUT2D eigenvalue weighted by Crippen LogP contribution is -2.23. The van der Waals surface area contributed by atoms with Crippen molar-refractivity contribution in [2.75, 3.05) is 0 Å². The SMILES string of the molecule is C[C@@H]1SC(=Nc2ccc(Cl)cc2)NC1=O. The van der Waals surface area contributed by atoms with Crippen molar-refractivity contribution in [3.8, 4) is 0 Å². The van der Waals surface area contributed by atoms with Crippen LogP contribution >= 0.6 is 23.4 Å². The van der Waals surface area contributed by atoms with Crippen LogP contribution in [0.15, 0.2) is 29.3 Å². The number of nitrogens with one attached hydrogen (secondary N) is 1. The maximum absolute atomic E-state index is 11.2. The first kappa shape index (κ1) is 10.5. The van der Waals surface area contributed by atoms with Gasteiger partial charge in [-0.15, -0.1) is 0 Å². The first-order chi connectivity index (χ1) is 7.15. The molecule has 0 bridgehead atoms. The Morgan fingerprint density at radius 1 is 1.40 bits per heavy atom. The highest BCUT2D eigenvalue weighted by Gasteiger charge is 2.25. The number of nitrogens with zero attached hydrogens (tertiary/aromatic N) is 1. The van der Waals surface area contributed by atoms with Crippen LogP contribution in [0.5, 0.6) is 0 Å². The molecule has 1 saturated heterocycles. The summed E-state index contributed by atoms with van der Waals surface area (Å²) in [7, 11) is 0. The fourth-order valence-electron chi connectivity index (χ4n) is 1.14. The Labute approximate surface area is 96.9 Å². The highest BCUT2D eigenvalue weighted by Crippen LogP contribution is 2.23. The van der Waals surface area contributed by atoms with Crippen LogP contribution in [0, 0.1) is 0 Å². The molecular formula is C10H9ClN2OS. The summed E-state index contributed by atoms with van der Waals surface area (Å²) in [6.45, 7) is 1.85. The van der Waals surface area contributed by atoms with Gasteiger partial charge in [-0.1, -0.05) is 23.4 Å². The quantitative estimate of drug-likeness (QED) is 0.820. The number of carbonyl (C=O) groups is 1. The second kappa shape index (κ2) is 4.24. The molecule has 5 heteroatoms. The minimum absolute atomic E-state index is 0.00714. The molecule has 0 unspecified atom stereocenters. The molecule has 1 aromatic carbocycles. The molecule has 2 rings (SSSR count). The van der Waals surface area contributed by atoms with Gasteiger partial charge in [0.1, 0.15) is 0 Å². The molecule has 0 saturated carbocycles. The predicted octanol–water partition coefficient (Wildman–Crippen LogP) is 2.58. The van der Waals surface area contributed by atoms with Crippen LogP contribution in [0.2, 0.25) is 5.02 Å². The first-order valence-corrected chi connectivity index (χ1v) is 5.73. The van der Waals surface area contributed by atoms with Crippen LogP contribution in [-0.2, 0) is 4.79 Å². The number of benzene rings is 1. The summed E-state index contributed by atoms with van der Waals surface area (Å²) in [5, 5.41) is 3.97. The molecule has 0 spiro atoms. The Kier molecular flexibility index (Phi) is 2.98. The number of aliphatic imine (C=N–C) groups is 1. The van der Waals surface area contributed by atoms with Crippen LogP contribution in [0.3, 0.4) is 0 Å². The molecule has 1 amide bonds. The van der Waals surface area contributed by atoms with Gasteiger partial charge >= 0.3 is 0 Å². The number of thioether (sulfide) groups is 1. The lowest BCUT2D eigenvalue weighted by molar-refractivity contribution is -0.118. The largest absolute Gasteiger partial charge is 0.304 e. The molecule has 1 atom stereocenters. The van der Waals surface area contributed by atoms with Gasteiger partial charge in [-0.3, -0.25) is 4.79 Å². The fourth-order valence-corrected chi connectivity index (χ4v) is 2.09. The Morgan fingerprint density at radius 3 is 2.60 bits per heavy atom. The van der Waals surface area contributed by atoms with E-state index >= 15 is 0 Å². The second-order valence-corrected chi connectivity index (χ2v) is 4.91. The number of hydrogen-bond donors (Lipinski definition) is 1. The van der Waals surface area contributed by atoms with Gasteiger partial charge < -0.3 is 5.32 Å². The van der Waals surface area contributed by atoms with E-state index in [1.54, 1.807) is 12.1 Å². The number of halogens is 1. The first-order valence-electron chi connectivity index (χ1n) is 4.47. The van der Waals surface area contributed by atoms with Crippen molar-refractivity contribution in [2.45, 2.75) is 12.2 Å². The van der Waals surface area contributed by atoms with Gasteiger partial charge in [-0.25, -0.2) is 4.99 Å². The van der Waals surface area contributed by atoms with Crippen molar-refractivity contribution in [3.63, 3.8) is 0 Å². The minimum Gasteiger partial charge on any atom is -0.304 e. The lowest BCUT2D eigenvalue weighted by Gasteiger charge is -1.96. The van der Waals surface area contributed by atoms with Crippen LogP contribution in [0.4, 0.5) is 5.69 Å². The summed E-state index contributed by atoms with van der Waals surface area (Å²) in [5.41, 5.74) is 0.788. The maximum Gasteiger partial charge on any atom is 0.239 e. The van der Waals surface area contributed by atoms with Gasteiger partial charge in [0.15, 0.2) is 5.17 Å². The average Bonchev–Trinajstić information content (AvgIpc) is 2.50. The van der Waals surface area contributed by atoms with E-state index in [0.717, 1.165) is 5.69 Å². The van der Waals surface area contributed by atoms with Crippen molar-refractivity contribution in [1.82, 2.24) is 5.32 Å². The van der Waals surface area contributed by atoms with Crippen LogP contribution in [0.1, 0.15) is 6.92 Å². The number of amides is 1. The van der Waals surface area contributed by atoms with Crippen molar-refractivity contribution in [1.29, 1.82) is 0 Å². The molecule has 0 radical (unpaired) electrons. The molecule has 1 heterocycles. The van der Waals surface area contributed by atoms with E-state index in [0.29, 0.717) is 10.2 Å². The molecule has 78 valence electrons. The number of hydrogen-bond acceptors (Lipinski definition) is 3. The highest BCUT2D eigenvalue weighted by atomic mass is 35.5. The fraction of sp³-hybridized carbons (Fsp3) is 0.200. The van der Waals surface area contributed by atoms with E-state index in [2.05, 4.69) is 10.3 Å². The molecular weight excluding hydrogens is 232 g/mol. The molecule has 0 aromatic heterocycles. The zero-order valence-electron chi connectivity index (χ0n) is 8.03. The van der Waals surface area contributed by atoms with Gasteiger partial charge in [0.25, 0.3) is 0 Å². The van der Waals surface area contributed by atoms with Crippen molar-refractivity contribution in [2.24, 2.45) is 4.99 Å². The van der Waals surface area contributed by atoms with E-state index in [1.807, 2.05) is 19.1 Å². The summed E-state index contributed by atoms with van der Waals surface area (Å²) in [6.07, 6.45) is 0. The van der Waals surface area contributed by atoms with Gasteiger partial charge in [-0.05, 0) is 31.2 Å². The molecule has 15 heavy (non-hydrogen) atoms. The third-order valence-corrected chi connectivity index (χ3v) is 3.18. The normalized spacial score (nSPS) is 23.2. The smallest absolute Gasteiger partial charge is 0.239 e. The van der Waals surface area contributed by atoms with E-state index in [9.17, 15) is 4.79 Å². The maximum atomic E-state index is 11.2. The second-order valence-electron chi connectivity index (χ2n) is 3.14. The monoisotopic (exact) mass is 240 g/mol. The minimum atomic E-state index is -0.0592. The van der Waals surface area contributed by atoms with Crippen molar-refractivity contribution in [3.05, 3.63) is 29.3 Å². The zero-order valence-corrected chi connectivity index (χ0v) is 9.60. The molecule has 1 aliphatic rings. The number of amidine groups is 1. The molecule has 0 aliphatic carbocycles. The van der Waals surface area contributed by atoms with Crippen LogP contribution < -0.4 is 5.32 Å². The zero-order chi connectivity index (χ0) is 10.8. The van der Waals surface area contributed by atoms with Gasteiger partial charge in [0, 0.05) is 5.02 Å². The standard InChI is InChI=1S/C10H9ClN2OS/c1-6-9(14)13-10(15-6)12-8-4-2-7(11)3-5-8/h2-6H,1H3,(H,12,13,14)/t6-/m0/s1. The molecule has 3 nitrogen and oxygen atoms in total. The topological polar surface area (TPSA) is 41.5 Å². The third-order valence-electron chi connectivity index (χ3n) is 1.95. The summed E-state index contributed by atoms with van der Waals surface area (Å²) < 4.78 is 0. The molecule has 1 N–H and O–H groups in total. The Bertz CT molecular complexity index is 416. The summed E-state index contributed by atoms with van der Waals surface area (Å²) >= 11 is 7.18. The van der Waals surface area contributed by atoms with E-state index < -0.39 is 0 Å². The average molecular weight is 241 g/mol. The Hall–Kier alpha value is -1.00. The number of carbonyl (C=O) groups excluding carboxylic acids is 1. The van der Waals surface area contributed by atoms with E-state index in [1.165, 1.54) is 11.8 Å². The predicted molar refractivity (Wildman–Crippen MR) is 63.7 cm³/mol. The summed E-state index contributed by atoms with van der Waals surface area (Å²) in [6, 6.07) is 7.16. The van der Waals surface area contributed by atoms with Crippen LogP contribution in [0.25, 0.3) is 0 Å². The van der Waals surface area contributed by atoms with Gasteiger partial charge in [0.05, 0.1) is 10.9 Å². The summed E-state index contributed by atoms with van der Waals surface area (Å²) in [4.78, 5) is 15.5. The van der Waals surface area contributed by atoms with Crippen LogP contribution in [-0.4, -0.2) is 16.3 Å². The van der Waals surface area contributed by atoms with E-state index in [-0.39, 0.29) is 11.2 Å². The lowest BCUT2D eigenvalue weighted by atomic mass is 10.3. The van der Waals surface area contributed by atoms with E-state index in [4.69, 9.17) is 11.6 Å². The van der Waals surface area contributed by atoms with Crippen molar-refractivity contribution >= 4 is 40.1 Å². The number of rotatable bonds is 1. The summed E-state index contributed by atoms with van der Waals surface area (Å²) in [5.74, 6) is 0.00714.